The lowest BCUT2D eigenvalue weighted by molar-refractivity contribution is -0.135. The zero-order valence-electron chi connectivity index (χ0n) is 11.2. The van der Waals surface area contributed by atoms with Crippen LogP contribution in [0.15, 0.2) is 0 Å². The number of sulfonamides is 1. The molecule has 1 rings (SSSR count). The van der Waals surface area contributed by atoms with Gasteiger partial charge in [0.1, 0.15) is 0 Å². The third kappa shape index (κ3) is 3.93. The van der Waals surface area contributed by atoms with Gasteiger partial charge in [-0.25, -0.2) is 13.1 Å². The first-order valence-electron chi connectivity index (χ1n) is 6.08. The fourth-order valence-electron chi connectivity index (χ4n) is 2.15. The van der Waals surface area contributed by atoms with Crippen LogP contribution in [0.3, 0.4) is 0 Å². The van der Waals surface area contributed by atoms with Crippen molar-refractivity contribution in [3.05, 3.63) is 0 Å². The first-order chi connectivity index (χ1) is 8.10. The molecule has 0 aliphatic heterocycles. The molecule has 7 heteroatoms. The molecule has 0 saturated heterocycles. The average molecular weight is 277 g/mol. The maximum absolute atomic E-state index is 12.0. The lowest BCUT2D eigenvalue weighted by Crippen LogP contribution is -2.56. The van der Waals surface area contributed by atoms with E-state index in [-0.39, 0.29) is 12.5 Å². The Labute approximate surface area is 109 Å². The summed E-state index contributed by atoms with van der Waals surface area (Å²) in [6.45, 7) is 4.05. The molecule has 1 aliphatic rings. The van der Waals surface area contributed by atoms with Crippen molar-refractivity contribution >= 4 is 15.9 Å². The largest absolute Gasteiger partial charge is 0.354 e. The first-order valence-corrected chi connectivity index (χ1v) is 7.97. The quantitative estimate of drug-likeness (QED) is 0.612. The summed E-state index contributed by atoms with van der Waals surface area (Å²) < 4.78 is 24.8. The molecule has 1 saturated carbocycles. The van der Waals surface area contributed by atoms with Gasteiger partial charge in [0.15, 0.2) is 0 Å². The molecule has 106 valence electrons. The van der Waals surface area contributed by atoms with E-state index in [1.165, 1.54) is 0 Å². The van der Waals surface area contributed by atoms with Crippen LogP contribution in [0.5, 0.6) is 0 Å². The highest BCUT2D eigenvalue weighted by atomic mass is 32.2. The summed E-state index contributed by atoms with van der Waals surface area (Å²) in [7, 11) is -3.29. The summed E-state index contributed by atoms with van der Waals surface area (Å²) >= 11 is 0. The SMILES string of the molecule is CC(C)(CNC(=O)C1(CN)CCC1)NS(C)(=O)=O. The van der Waals surface area contributed by atoms with Gasteiger partial charge in [0.2, 0.25) is 15.9 Å². The highest BCUT2D eigenvalue weighted by Gasteiger charge is 2.43. The molecule has 0 heterocycles. The van der Waals surface area contributed by atoms with Gasteiger partial charge in [-0.1, -0.05) is 6.42 Å². The van der Waals surface area contributed by atoms with E-state index < -0.39 is 21.0 Å². The fraction of sp³-hybridized carbons (Fsp3) is 0.909. The van der Waals surface area contributed by atoms with Gasteiger partial charge < -0.3 is 11.1 Å². The van der Waals surface area contributed by atoms with Gasteiger partial charge in [0.25, 0.3) is 0 Å². The van der Waals surface area contributed by atoms with E-state index in [1.54, 1.807) is 13.8 Å². The smallest absolute Gasteiger partial charge is 0.227 e. The van der Waals surface area contributed by atoms with E-state index in [9.17, 15) is 13.2 Å². The number of carbonyl (C=O) groups is 1. The van der Waals surface area contributed by atoms with Crippen LogP contribution in [0.1, 0.15) is 33.1 Å². The van der Waals surface area contributed by atoms with Gasteiger partial charge in [0, 0.05) is 18.6 Å². The number of nitrogens with two attached hydrogens (primary N) is 1. The van der Waals surface area contributed by atoms with Gasteiger partial charge >= 0.3 is 0 Å². The molecule has 0 atom stereocenters. The van der Waals surface area contributed by atoms with Crippen molar-refractivity contribution in [3.63, 3.8) is 0 Å². The van der Waals surface area contributed by atoms with E-state index in [1.807, 2.05) is 0 Å². The fourth-order valence-corrected chi connectivity index (χ4v) is 3.23. The Bertz CT molecular complexity index is 408. The predicted molar refractivity (Wildman–Crippen MR) is 70.4 cm³/mol. The molecule has 0 aromatic carbocycles. The van der Waals surface area contributed by atoms with Crippen LogP contribution in [-0.2, 0) is 14.8 Å². The Balaban J connectivity index is 2.52. The number of amides is 1. The molecule has 0 aromatic heterocycles. The standard InChI is InChI=1S/C11H23N3O3S/c1-10(2,14-18(3,16)17)8-13-9(15)11(7-12)5-4-6-11/h14H,4-8,12H2,1-3H3,(H,13,15). The molecule has 1 amide bonds. The molecule has 0 unspecified atom stereocenters. The Morgan fingerprint density at radius 2 is 1.94 bits per heavy atom. The van der Waals surface area contributed by atoms with E-state index in [0.29, 0.717) is 6.54 Å². The number of rotatable bonds is 6. The molecule has 6 nitrogen and oxygen atoms in total. The Hall–Kier alpha value is -0.660. The zero-order valence-corrected chi connectivity index (χ0v) is 12.1. The van der Waals surface area contributed by atoms with E-state index in [0.717, 1.165) is 25.5 Å². The topological polar surface area (TPSA) is 101 Å². The monoisotopic (exact) mass is 277 g/mol. The Morgan fingerprint density at radius 1 is 1.39 bits per heavy atom. The summed E-state index contributed by atoms with van der Waals surface area (Å²) in [5.41, 5.74) is 4.50. The third-order valence-electron chi connectivity index (χ3n) is 3.34. The zero-order chi connectivity index (χ0) is 14.0. The maximum atomic E-state index is 12.0. The Kier molecular flexibility index (Phi) is 4.40. The second-order valence-electron chi connectivity index (χ2n) is 5.78. The minimum Gasteiger partial charge on any atom is -0.354 e. The summed E-state index contributed by atoms with van der Waals surface area (Å²) in [5, 5.41) is 2.79. The average Bonchev–Trinajstić information content (AvgIpc) is 2.10. The highest BCUT2D eigenvalue weighted by Crippen LogP contribution is 2.39. The van der Waals surface area contributed by atoms with Crippen LogP contribution in [-0.4, -0.2) is 39.2 Å². The Morgan fingerprint density at radius 3 is 2.28 bits per heavy atom. The number of hydrogen-bond acceptors (Lipinski definition) is 4. The number of carbonyl (C=O) groups excluding carboxylic acids is 1. The van der Waals surface area contributed by atoms with Crippen molar-refractivity contribution in [3.8, 4) is 0 Å². The molecular formula is C11H23N3O3S. The first kappa shape index (κ1) is 15.4. The van der Waals surface area contributed by atoms with Gasteiger partial charge in [-0.3, -0.25) is 4.79 Å². The van der Waals surface area contributed by atoms with Gasteiger partial charge in [-0.15, -0.1) is 0 Å². The van der Waals surface area contributed by atoms with Crippen LogP contribution in [0.2, 0.25) is 0 Å². The van der Waals surface area contributed by atoms with Crippen molar-refractivity contribution in [2.24, 2.45) is 11.1 Å². The predicted octanol–water partition coefficient (Wildman–Crippen LogP) is -0.441. The molecule has 0 bridgehead atoms. The second-order valence-corrected chi connectivity index (χ2v) is 7.53. The van der Waals surface area contributed by atoms with Crippen molar-refractivity contribution in [1.29, 1.82) is 0 Å². The van der Waals surface area contributed by atoms with Crippen LogP contribution in [0.4, 0.5) is 0 Å². The summed E-state index contributed by atoms with van der Waals surface area (Å²) in [6, 6.07) is 0. The second kappa shape index (κ2) is 5.14. The van der Waals surface area contributed by atoms with Crippen molar-refractivity contribution in [2.75, 3.05) is 19.3 Å². The van der Waals surface area contributed by atoms with Crippen molar-refractivity contribution in [1.82, 2.24) is 10.0 Å². The van der Waals surface area contributed by atoms with Gasteiger partial charge in [-0.05, 0) is 26.7 Å². The maximum Gasteiger partial charge on any atom is 0.227 e. The third-order valence-corrected chi connectivity index (χ3v) is 4.26. The minimum atomic E-state index is -3.29. The summed E-state index contributed by atoms with van der Waals surface area (Å²) in [4.78, 5) is 12.0. The van der Waals surface area contributed by atoms with Gasteiger partial charge in [-0.2, -0.15) is 0 Å². The van der Waals surface area contributed by atoms with Crippen LogP contribution in [0, 0.1) is 5.41 Å². The lowest BCUT2D eigenvalue weighted by atomic mass is 9.68. The molecule has 0 radical (unpaired) electrons. The molecule has 1 fully saturated rings. The molecule has 0 aromatic rings. The van der Waals surface area contributed by atoms with Crippen LogP contribution < -0.4 is 15.8 Å². The van der Waals surface area contributed by atoms with Crippen molar-refractivity contribution < 1.29 is 13.2 Å². The van der Waals surface area contributed by atoms with E-state index in [4.69, 9.17) is 5.73 Å². The molecule has 4 N–H and O–H groups in total. The highest BCUT2D eigenvalue weighted by molar-refractivity contribution is 7.88. The lowest BCUT2D eigenvalue weighted by Gasteiger charge is -2.40. The van der Waals surface area contributed by atoms with Gasteiger partial charge in [0.05, 0.1) is 11.7 Å². The van der Waals surface area contributed by atoms with Crippen LogP contribution >= 0.6 is 0 Å². The van der Waals surface area contributed by atoms with E-state index in [2.05, 4.69) is 10.0 Å². The molecule has 18 heavy (non-hydrogen) atoms. The normalized spacial score (nSPS) is 19.1. The molecule has 1 aliphatic carbocycles. The van der Waals surface area contributed by atoms with Crippen molar-refractivity contribution in [2.45, 2.75) is 38.6 Å². The minimum absolute atomic E-state index is 0.0698. The molecular weight excluding hydrogens is 254 g/mol. The summed E-state index contributed by atoms with van der Waals surface area (Å²) in [6.07, 6.45) is 3.75. The van der Waals surface area contributed by atoms with E-state index >= 15 is 0 Å². The number of nitrogens with one attached hydrogen (secondary N) is 2. The summed E-state index contributed by atoms with van der Waals surface area (Å²) in [5.74, 6) is -0.0698. The van der Waals surface area contributed by atoms with Crippen LogP contribution in [0.25, 0.3) is 0 Å². The molecule has 0 spiro atoms. The number of hydrogen-bond donors (Lipinski definition) is 3.